The van der Waals surface area contributed by atoms with Gasteiger partial charge in [0.05, 0.1) is 6.10 Å². The summed E-state index contributed by atoms with van der Waals surface area (Å²) in [4.78, 5) is 2.60. The molecule has 1 N–H and O–H groups in total. The van der Waals surface area contributed by atoms with E-state index in [9.17, 15) is 0 Å². The fraction of sp³-hybridized carbons (Fsp3) is 1.00. The molecule has 3 heteroatoms. The molecule has 1 aliphatic rings. The third-order valence-corrected chi connectivity index (χ3v) is 4.07. The Labute approximate surface area is 107 Å². The molecule has 0 amide bonds. The SMILES string of the molecule is CCNCCCC(C)N1CCC(C)C(OC)C1. The second kappa shape index (κ2) is 8.06. The van der Waals surface area contributed by atoms with E-state index in [1.54, 1.807) is 0 Å². The molecule has 0 bridgehead atoms. The summed E-state index contributed by atoms with van der Waals surface area (Å²) < 4.78 is 5.57. The first kappa shape index (κ1) is 14.9. The summed E-state index contributed by atoms with van der Waals surface area (Å²) in [7, 11) is 1.85. The maximum Gasteiger partial charge on any atom is 0.0724 e. The minimum atomic E-state index is 0.431. The van der Waals surface area contributed by atoms with Crippen molar-refractivity contribution in [1.82, 2.24) is 10.2 Å². The van der Waals surface area contributed by atoms with E-state index in [-0.39, 0.29) is 0 Å². The number of piperidine rings is 1. The van der Waals surface area contributed by atoms with Crippen molar-refractivity contribution in [3.05, 3.63) is 0 Å². The second-order valence-corrected chi connectivity index (χ2v) is 5.38. The molecule has 3 unspecified atom stereocenters. The number of hydrogen-bond donors (Lipinski definition) is 1. The zero-order valence-electron chi connectivity index (χ0n) is 12.0. The Kier molecular flexibility index (Phi) is 7.09. The van der Waals surface area contributed by atoms with Gasteiger partial charge in [0.2, 0.25) is 0 Å². The van der Waals surface area contributed by atoms with Gasteiger partial charge in [0.25, 0.3) is 0 Å². The molecule has 3 atom stereocenters. The lowest BCUT2D eigenvalue weighted by Gasteiger charge is -2.39. The van der Waals surface area contributed by atoms with E-state index in [0.29, 0.717) is 18.1 Å². The molecule has 0 aromatic heterocycles. The molecule has 0 aliphatic carbocycles. The third kappa shape index (κ3) is 4.94. The summed E-state index contributed by atoms with van der Waals surface area (Å²) in [6.07, 6.45) is 4.27. The molecule has 0 saturated carbocycles. The Balaban J connectivity index is 2.24. The van der Waals surface area contributed by atoms with Crippen LogP contribution < -0.4 is 5.32 Å². The third-order valence-electron chi connectivity index (χ3n) is 4.07. The maximum atomic E-state index is 5.57. The standard InChI is InChI=1S/C14H30N2O/c1-5-15-9-6-7-13(3)16-10-8-12(2)14(11-16)17-4/h12-15H,5-11H2,1-4H3. The van der Waals surface area contributed by atoms with Gasteiger partial charge < -0.3 is 10.1 Å². The summed E-state index contributed by atoms with van der Waals surface area (Å²) in [5, 5.41) is 3.39. The van der Waals surface area contributed by atoms with E-state index in [2.05, 4.69) is 31.0 Å². The highest BCUT2D eigenvalue weighted by Gasteiger charge is 2.28. The topological polar surface area (TPSA) is 24.5 Å². The number of likely N-dealkylation sites (tertiary alicyclic amines) is 1. The summed E-state index contributed by atoms with van der Waals surface area (Å²) >= 11 is 0. The molecular formula is C14H30N2O. The van der Waals surface area contributed by atoms with Crippen molar-refractivity contribution in [2.45, 2.75) is 52.2 Å². The maximum absolute atomic E-state index is 5.57. The number of rotatable bonds is 7. The normalized spacial score (nSPS) is 28.2. The van der Waals surface area contributed by atoms with Gasteiger partial charge in [-0.2, -0.15) is 0 Å². The van der Waals surface area contributed by atoms with Crippen LogP contribution in [-0.4, -0.2) is 50.3 Å². The quantitative estimate of drug-likeness (QED) is 0.692. The fourth-order valence-corrected chi connectivity index (χ4v) is 2.65. The van der Waals surface area contributed by atoms with Gasteiger partial charge in [-0.25, -0.2) is 0 Å². The van der Waals surface area contributed by atoms with E-state index in [1.807, 2.05) is 7.11 Å². The Morgan fingerprint density at radius 2 is 2.24 bits per heavy atom. The van der Waals surface area contributed by atoms with Crippen LogP contribution in [0.15, 0.2) is 0 Å². The van der Waals surface area contributed by atoms with Gasteiger partial charge in [-0.15, -0.1) is 0 Å². The number of nitrogens with one attached hydrogen (secondary N) is 1. The van der Waals surface area contributed by atoms with Crippen LogP contribution in [0.25, 0.3) is 0 Å². The Morgan fingerprint density at radius 3 is 2.88 bits per heavy atom. The van der Waals surface area contributed by atoms with Crippen molar-refractivity contribution in [3.63, 3.8) is 0 Å². The van der Waals surface area contributed by atoms with Crippen molar-refractivity contribution < 1.29 is 4.74 Å². The largest absolute Gasteiger partial charge is 0.380 e. The summed E-state index contributed by atoms with van der Waals surface area (Å²) in [5.41, 5.74) is 0. The molecule has 0 radical (unpaired) electrons. The molecule has 102 valence electrons. The predicted octanol–water partition coefficient (Wildman–Crippen LogP) is 2.12. The minimum absolute atomic E-state index is 0.431. The number of methoxy groups -OCH3 is 1. The lowest BCUT2D eigenvalue weighted by molar-refractivity contribution is -0.0178. The van der Waals surface area contributed by atoms with Crippen LogP contribution in [0.2, 0.25) is 0 Å². The first-order valence-electron chi connectivity index (χ1n) is 7.16. The van der Waals surface area contributed by atoms with Crippen molar-refractivity contribution in [3.8, 4) is 0 Å². The molecule has 0 spiro atoms. The lowest BCUT2D eigenvalue weighted by Crippen LogP contribution is -2.47. The first-order valence-corrected chi connectivity index (χ1v) is 7.16. The van der Waals surface area contributed by atoms with Gasteiger partial charge in [0, 0.05) is 19.7 Å². The Morgan fingerprint density at radius 1 is 1.47 bits per heavy atom. The number of ether oxygens (including phenoxy) is 1. The van der Waals surface area contributed by atoms with Crippen LogP contribution in [0, 0.1) is 5.92 Å². The van der Waals surface area contributed by atoms with Crippen LogP contribution in [0.5, 0.6) is 0 Å². The van der Waals surface area contributed by atoms with Gasteiger partial charge in [-0.05, 0) is 51.7 Å². The smallest absolute Gasteiger partial charge is 0.0724 e. The van der Waals surface area contributed by atoms with Crippen LogP contribution in [0.4, 0.5) is 0 Å². The van der Waals surface area contributed by atoms with Crippen LogP contribution in [-0.2, 0) is 4.74 Å². The van der Waals surface area contributed by atoms with Crippen LogP contribution in [0.3, 0.4) is 0 Å². The van der Waals surface area contributed by atoms with Crippen molar-refractivity contribution in [2.24, 2.45) is 5.92 Å². The average molecular weight is 242 g/mol. The highest BCUT2D eigenvalue weighted by Crippen LogP contribution is 2.22. The molecule has 3 nitrogen and oxygen atoms in total. The second-order valence-electron chi connectivity index (χ2n) is 5.38. The molecule has 1 heterocycles. The van der Waals surface area contributed by atoms with E-state index >= 15 is 0 Å². The number of hydrogen-bond acceptors (Lipinski definition) is 3. The van der Waals surface area contributed by atoms with Crippen molar-refractivity contribution in [1.29, 1.82) is 0 Å². The molecule has 1 aliphatic heterocycles. The van der Waals surface area contributed by atoms with E-state index in [1.165, 1.54) is 25.8 Å². The van der Waals surface area contributed by atoms with Gasteiger partial charge in [0.1, 0.15) is 0 Å². The van der Waals surface area contributed by atoms with Gasteiger partial charge in [-0.3, -0.25) is 4.90 Å². The van der Waals surface area contributed by atoms with Gasteiger partial charge in [-0.1, -0.05) is 13.8 Å². The average Bonchev–Trinajstić information content (AvgIpc) is 2.35. The van der Waals surface area contributed by atoms with Gasteiger partial charge >= 0.3 is 0 Å². The predicted molar refractivity (Wildman–Crippen MR) is 73.4 cm³/mol. The molecular weight excluding hydrogens is 212 g/mol. The minimum Gasteiger partial charge on any atom is -0.380 e. The highest BCUT2D eigenvalue weighted by atomic mass is 16.5. The van der Waals surface area contributed by atoms with Crippen LogP contribution in [0.1, 0.15) is 40.0 Å². The molecule has 1 fully saturated rings. The Bertz CT molecular complexity index is 199. The highest BCUT2D eigenvalue weighted by molar-refractivity contribution is 4.81. The summed E-state index contributed by atoms with van der Waals surface area (Å²) in [6.45, 7) is 11.4. The van der Waals surface area contributed by atoms with Crippen molar-refractivity contribution >= 4 is 0 Å². The molecule has 0 aromatic rings. The van der Waals surface area contributed by atoms with E-state index in [4.69, 9.17) is 4.74 Å². The molecule has 0 aromatic carbocycles. The Hall–Kier alpha value is -0.120. The summed E-state index contributed by atoms with van der Waals surface area (Å²) in [5.74, 6) is 0.713. The van der Waals surface area contributed by atoms with Crippen LogP contribution >= 0.6 is 0 Å². The lowest BCUT2D eigenvalue weighted by atomic mass is 9.94. The van der Waals surface area contributed by atoms with Crippen molar-refractivity contribution in [2.75, 3.05) is 33.3 Å². The fourth-order valence-electron chi connectivity index (χ4n) is 2.65. The number of nitrogens with zero attached hydrogens (tertiary/aromatic N) is 1. The monoisotopic (exact) mass is 242 g/mol. The zero-order chi connectivity index (χ0) is 12.7. The molecule has 17 heavy (non-hydrogen) atoms. The van der Waals surface area contributed by atoms with Gasteiger partial charge in [0.15, 0.2) is 0 Å². The van der Waals surface area contributed by atoms with E-state index in [0.717, 1.165) is 19.6 Å². The zero-order valence-corrected chi connectivity index (χ0v) is 12.0. The van der Waals surface area contributed by atoms with E-state index < -0.39 is 0 Å². The first-order chi connectivity index (χ1) is 8.19. The molecule has 1 saturated heterocycles. The summed E-state index contributed by atoms with van der Waals surface area (Å²) in [6, 6.07) is 0.693. The molecule has 1 rings (SSSR count).